The fourth-order valence-corrected chi connectivity index (χ4v) is 3.57. The van der Waals surface area contributed by atoms with E-state index >= 15 is 0 Å². The Morgan fingerprint density at radius 2 is 1.96 bits per heavy atom. The zero-order chi connectivity index (χ0) is 19.3. The van der Waals surface area contributed by atoms with Crippen LogP contribution in [0.25, 0.3) is 22.1 Å². The van der Waals surface area contributed by atoms with Crippen LogP contribution in [0.1, 0.15) is 0 Å². The van der Waals surface area contributed by atoms with Gasteiger partial charge in [-0.3, -0.25) is 4.79 Å². The van der Waals surface area contributed by atoms with Crippen LogP contribution >= 0.6 is 23.4 Å². The van der Waals surface area contributed by atoms with Crippen molar-refractivity contribution in [3.63, 3.8) is 0 Å². The Balaban J connectivity index is 1.30. The number of halogens is 1. The van der Waals surface area contributed by atoms with Gasteiger partial charge in [-0.15, -0.1) is 0 Å². The number of nitrogens with zero attached hydrogens (tertiary/aromatic N) is 2. The Bertz CT molecular complexity index is 1110. The fraction of sp³-hybridized carbons (Fsp3) is 0.150. The summed E-state index contributed by atoms with van der Waals surface area (Å²) in [6.45, 7) is 0.783. The number of nitrogens with one attached hydrogen (secondary N) is 1. The lowest BCUT2D eigenvalue weighted by molar-refractivity contribution is -0.118. The normalized spacial score (nSPS) is 11.0. The second kappa shape index (κ2) is 8.50. The Morgan fingerprint density at radius 3 is 2.82 bits per heavy atom. The number of hydrogen-bond donors (Lipinski definition) is 1. The lowest BCUT2D eigenvalue weighted by atomic mass is 10.2. The first-order chi connectivity index (χ1) is 13.7. The maximum Gasteiger partial charge on any atom is 0.230 e. The Hall–Kier alpha value is -2.77. The standard InChI is InChI=1S/C20H16ClN3O3S/c21-13-5-7-14(8-6-13)26-10-9-22-17(25)11-28-20-19-18(23-12-24-20)15-3-1-2-4-16(15)27-19/h1-8,12H,9-11H2,(H,22,25). The summed E-state index contributed by atoms with van der Waals surface area (Å²) >= 11 is 7.15. The van der Waals surface area contributed by atoms with Gasteiger partial charge >= 0.3 is 0 Å². The maximum absolute atomic E-state index is 12.1. The van der Waals surface area contributed by atoms with Crippen LogP contribution < -0.4 is 10.1 Å². The minimum atomic E-state index is -0.104. The quantitative estimate of drug-likeness (QED) is 0.276. The van der Waals surface area contributed by atoms with Crippen LogP contribution in [0.4, 0.5) is 0 Å². The second-order valence-electron chi connectivity index (χ2n) is 5.90. The van der Waals surface area contributed by atoms with Gasteiger partial charge in [0.1, 0.15) is 34.8 Å². The zero-order valence-corrected chi connectivity index (χ0v) is 16.3. The zero-order valence-electron chi connectivity index (χ0n) is 14.7. The van der Waals surface area contributed by atoms with E-state index in [0.717, 1.165) is 16.5 Å². The molecule has 28 heavy (non-hydrogen) atoms. The lowest BCUT2D eigenvalue weighted by Crippen LogP contribution is -2.29. The van der Waals surface area contributed by atoms with E-state index in [1.54, 1.807) is 24.3 Å². The summed E-state index contributed by atoms with van der Waals surface area (Å²) < 4.78 is 11.4. The summed E-state index contributed by atoms with van der Waals surface area (Å²) in [5.41, 5.74) is 2.11. The summed E-state index contributed by atoms with van der Waals surface area (Å²) in [5.74, 6) is 0.832. The molecule has 0 aliphatic carbocycles. The number of hydrogen-bond acceptors (Lipinski definition) is 6. The van der Waals surface area contributed by atoms with E-state index in [1.165, 1.54) is 18.1 Å². The van der Waals surface area contributed by atoms with Crippen LogP contribution in [-0.2, 0) is 4.79 Å². The first-order valence-corrected chi connectivity index (χ1v) is 9.97. The van der Waals surface area contributed by atoms with Gasteiger partial charge in [0.05, 0.1) is 12.3 Å². The summed E-state index contributed by atoms with van der Waals surface area (Å²) in [6, 6.07) is 14.8. The molecule has 0 unspecified atom stereocenters. The second-order valence-corrected chi connectivity index (χ2v) is 7.30. The van der Waals surface area contributed by atoms with E-state index in [-0.39, 0.29) is 11.7 Å². The van der Waals surface area contributed by atoms with Gasteiger partial charge in [-0.1, -0.05) is 35.5 Å². The molecule has 4 rings (SSSR count). The highest BCUT2D eigenvalue weighted by Crippen LogP contribution is 2.32. The molecule has 0 atom stereocenters. The Morgan fingerprint density at radius 1 is 1.14 bits per heavy atom. The number of thioether (sulfide) groups is 1. The molecule has 0 aliphatic rings. The van der Waals surface area contributed by atoms with Crippen molar-refractivity contribution in [2.45, 2.75) is 5.03 Å². The highest BCUT2D eigenvalue weighted by Gasteiger charge is 2.14. The van der Waals surface area contributed by atoms with Gasteiger partial charge in [-0.05, 0) is 36.4 Å². The molecule has 8 heteroatoms. The van der Waals surface area contributed by atoms with E-state index in [1.807, 2.05) is 24.3 Å². The van der Waals surface area contributed by atoms with Crippen molar-refractivity contribution in [3.05, 3.63) is 59.9 Å². The molecule has 0 aliphatic heterocycles. The number of amides is 1. The number of fused-ring (bicyclic) bond motifs is 3. The van der Waals surface area contributed by atoms with Gasteiger partial charge in [0.25, 0.3) is 0 Å². The SMILES string of the molecule is O=C(CSc1ncnc2c1oc1ccccc12)NCCOc1ccc(Cl)cc1. The molecule has 0 fully saturated rings. The fourth-order valence-electron chi connectivity index (χ4n) is 2.68. The number of aromatic nitrogens is 2. The summed E-state index contributed by atoms with van der Waals surface area (Å²) in [7, 11) is 0. The molecule has 0 bridgehead atoms. The number of para-hydroxylation sites is 1. The van der Waals surface area contributed by atoms with Gasteiger partial charge in [-0.2, -0.15) is 0 Å². The molecule has 1 N–H and O–H groups in total. The molecular formula is C20H16ClN3O3S. The molecule has 6 nitrogen and oxygen atoms in total. The van der Waals surface area contributed by atoms with Crippen LogP contribution in [0, 0.1) is 0 Å². The molecule has 0 saturated carbocycles. The molecule has 0 spiro atoms. The third-order valence-electron chi connectivity index (χ3n) is 3.97. The maximum atomic E-state index is 12.1. The number of benzene rings is 2. The van der Waals surface area contributed by atoms with Crippen molar-refractivity contribution < 1.29 is 13.9 Å². The van der Waals surface area contributed by atoms with E-state index < -0.39 is 0 Å². The van der Waals surface area contributed by atoms with Crippen LogP contribution in [0.15, 0.2) is 64.3 Å². The monoisotopic (exact) mass is 413 g/mol. The first kappa shape index (κ1) is 18.6. The molecular weight excluding hydrogens is 398 g/mol. The molecule has 2 heterocycles. The Kier molecular flexibility index (Phi) is 5.64. The summed E-state index contributed by atoms with van der Waals surface area (Å²) in [5, 5.41) is 5.06. The van der Waals surface area contributed by atoms with Crippen molar-refractivity contribution in [2.75, 3.05) is 18.9 Å². The minimum Gasteiger partial charge on any atom is -0.492 e. The van der Waals surface area contributed by atoms with Gasteiger partial charge in [-0.25, -0.2) is 9.97 Å². The highest BCUT2D eigenvalue weighted by molar-refractivity contribution is 8.00. The molecule has 0 saturated heterocycles. The average molecular weight is 414 g/mol. The van der Waals surface area contributed by atoms with Crippen LogP contribution in [0.2, 0.25) is 5.02 Å². The van der Waals surface area contributed by atoms with Crippen LogP contribution in [-0.4, -0.2) is 34.8 Å². The topological polar surface area (TPSA) is 77.2 Å². The largest absolute Gasteiger partial charge is 0.492 e. The van der Waals surface area contributed by atoms with E-state index in [0.29, 0.717) is 34.5 Å². The van der Waals surface area contributed by atoms with Crippen molar-refractivity contribution in [2.24, 2.45) is 0 Å². The smallest absolute Gasteiger partial charge is 0.230 e. The van der Waals surface area contributed by atoms with Gasteiger partial charge in [0.15, 0.2) is 5.58 Å². The number of rotatable bonds is 7. The first-order valence-electron chi connectivity index (χ1n) is 8.61. The summed E-state index contributed by atoms with van der Waals surface area (Å²) in [6.07, 6.45) is 1.49. The molecule has 2 aromatic carbocycles. The van der Waals surface area contributed by atoms with E-state index in [4.69, 9.17) is 20.8 Å². The predicted octanol–water partition coefficient (Wildman–Crippen LogP) is 4.32. The third kappa shape index (κ3) is 4.21. The molecule has 2 aromatic heterocycles. The minimum absolute atomic E-state index is 0.104. The molecule has 142 valence electrons. The number of ether oxygens (including phenoxy) is 1. The third-order valence-corrected chi connectivity index (χ3v) is 5.19. The summed E-state index contributed by atoms with van der Waals surface area (Å²) in [4.78, 5) is 20.7. The average Bonchev–Trinajstić information content (AvgIpc) is 3.10. The van der Waals surface area contributed by atoms with Gasteiger partial charge < -0.3 is 14.5 Å². The van der Waals surface area contributed by atoms with Crippen molar-refractivity contribution >= 4 is 51.3 Å². The predicted molar refractivity (Wildman–Crippen MR) is 110 cm³/mol. The van der Waals surface area contributed by atoms with E-state index in [9.17, 15) is 4.79 Å². The Labute approximate surface area is 170 Å². The van der Waals surface area contributed by atoms with Gasteiger partial charge in [0.2, 0.25) is 5.91 Å². The van der Waals surface area contributed by atoms with Crippen LogP contribution in [0.3, 0.4) is 0 Å². The molecule has 4 aromatic rings. The lowest BCUT2D eigenvalue weighted by Gasteiger charge is -2.07. The van der Waals surface area contributed by atoms with E-state index in [2.05, 4.69) is 15.3 Å². The highest BCUT2D eigenvalue weighted by atomic mass is 35.5. The molecule has 1 amide bonds. The van der Waals surface area contributed by atoms with Crippen molar-refractivity contribution in [3.8, 4) is 5.75 Å². The van der Waals surface area contributed by atoms with Crippen LogP contribution in [0.5, 0.6) is 5.75 Å². The van der Waals surface area contributed by atoms with Crippen molar-refractivity contribution in [1.29, 1.82) is 0 Å². The molecule has 0 radical (unpaired) electrons. The number of carbonyl (C=O) groups is 1. The van der Waals surface area contributed by atoms with Crippen molar-refractivity contribution in [1.82, 2.24) is 15.3 Å². The number of carbonyl (C=O) groups excluding carboxylic acids is 1. The number of furan rings is 1. The van der Waals surface area contributed by atoms with Gasteiger partial charge in [0, 0.05) is 10.4 Å².